The molecule has 0 aromatic carbocycles. The summed E-state index contributed by atoms with van der Waals surface area (Å²) in [5.41, 5.74) is 0. The smallest absolute Gasteiger partial charge is 0.328 e. The third-order valence-electron chi connectivity index (χ3n) is 2.00. The molecule has 2 rings (SSSR count). The van der Waals surface area contributed by atoms with Gasteiger partial charge in [-0.25, -0.2) is 4.79 Å². The number of hydrogen-bond donors (Lipinski definition) is 1. The molecule has 0 aliphatic rings. The molecule has 0 spiro atoms. The number of carboxylic acid groups (broad SMARTS) is 1. The van der Waals surface area contributed by atoms with Crippen molar-refractivity contribution in [2.45, 2.75) is 6.42 Å². The van der Waals surface area contributed by atoms with Gasteiger partial charge in [0.25, 0.3) is 0 Å². The average Bonchev–Trinajstić information content (AvgIpc) is 2.87. The molecule has 1 N–H and O–H groups in total. The van der Waals surface area contributed by atoms with E-state index in [4.69, 9.17) is 5.11 Å². The number of aliphatic carboxylic acids is 1. The van der Waals surface area contributed by atoms with Crippen LogP contribution in [-0.2, 0) is 11.2 Å². The molecule has 16 heavy (non-hydrogen) atoms. The molecular formula is C12H10O2S2. The highest BCUT2D eigenvalue weighted by atomic mass is 32.1. The van der Waals surface area contributed by atoms with E-state index in [1.165, 1.54) is 15.8 Å². The van der Waals surface area contributed by atoms with Crippen molar-refractivity contribution in [3.8, 4) is 0 Å². The first-order chi connectivity index (χ1) is 7.74. The molecule has 0 amide bonds. The van der Waals surface area contributed by atoms with Crippen LogP contribution in [0.15, 0.2) is 35.7 Å². The van der Waals surface area contributed by atoms with E-state index >= 15 is 0 Å². The van der Waals surface area contributed by atoms with Crippen LogP contribution in [-0.4, -0.2) is 11.1 Å². The van der Waals surface area contributed by atoms with Crippen LogP contribution in [0.1, 0.15) is 14.6 Å². The van der Waals surface area contributed by atoms with Gasteiger partial charge in [-0.3, -0.25) is 0 Å². The Balaban J connectivity index is 2.05. The maximum Gasteiger partial charge on any atom is 0.328 e. The van der Waals surface area contributed by atoms with Crippen molar-refractivity contribution in [1.29, 1.82) is 0 Å². The molecule has 4 heteroatoms. The molecule has 0 fully saturated rings. The van der Waals surface area contributed by atoms with Crippen LogP contribution in [0.3, 0.4) is 0 Å². The molecule has 0 unspecified atom stereocenters. The third-order valence-corrected chi connectivity index (χ3v) is 3.93. The van der Waals surface area contributed by atoms with E-state index in [-0.39, 0.29) is 0 Å². The lowest BCUT2D eigenvalue weighted by molar-refractivity contribution is -0.131. The molecule has 2 aromatic heterocycles. The first-order valence-electron chi connectivity index (χ1n) is 4.76. The highest BCUT2D eigenvalue weighted by molar-refractivity contribution is 7.13. The van der Waals surface area contributed by atoms with Crippen LogP contribution in [0.25, 0.3) is 6.08 Å². The summed E-state index contributed by atoms with van der Waals surface area (Å²) >= 11 is 3.37. The van der Waals surface area contributed by atoms with Gasteiger partial charge >= 0.3 is 5.97 Å². The van der Waals surface area contributed by atoms with Crippen molar-refractivity contribution in [2.75, 3.05) is 0 Å². The summed E-state index contributed by atoms with van der Waals surface area (Å²) < 4.78 is 0. The van der Waals surface area contributed by atoms with Gasteiger partial charge in [0, 0.05) is 27.1 Å². The SMILES string of the molecule is O=C(O)/C=C/c1ccc(Cc2cccs2)s1. The molecule has 0 aliphatic heterocycles. The lowest BCUT2D eigenvalue weighted by Gasteiger charge is -1.91. The van der Waals surface area contributed by atoms with Crippen LogP contribution in [0.5, 0.6) is 0 Å². The monoisotopic (exact) mass is 250 g/mol. The highest BCUT2D eigenvalue weighted by Crippen LogP contribution is 2.22. The molecule has 0 aliphatic carbocycles. The van der Waals surface area contributed by atoms with Crippen molar-refractivity contribution in [1.82, 2.24) is 0 Å². The molecule has 0 radical (unpaired) electrons. The Labute approximate surface area is 101 Å². The van der Waals surface area contributed by atoms with Gasteiger partial charge in [-0.2, -0.15) is 0 Å². The zero-order valence-corrected chi connectivity index (χ0v) is 10.1. The fraction of sp³-hybridized carbons (Fsp3) is 0.0833. The second-order valence-corrected chi connectivity index (χ2v) is 5.46. The Morgan fingerprint density at radius 1 is 1.31 bits per heavy atom. The van der Waals surface area contributed by atoms with E-state index in [9.17, 15) is 4.79 Å². The molecule has 2 nitrogen and oxygen atoms in total. The Kier molecular flexibility index (Phi) is 3.54. The topological polar surface area (TPSA) is 37.3 Å². The van der Waals surface area contributed by atoms with Gasteiger partial charge in [0.2, 0.25) is 0 Å². The molecule has 0 bridgehead atoms. The van der Waals surface area contributed by atoms with E-state index in [0.29, 0.717) is 0 Å². The maximum atomic E-state index is 10.4. The molecule has 82 valence electrons. The van der Waals surface area contributed by atoms with Gasteiger partial charge in [0.05, 0.1) is 0 Å². The molecule has 0 saturated carbocycles. The quantitative estimate of drug-likeness (QED) is 0.843. The summed E-state index contributed by atoms with van der Waals surface area (Å²) in [6.45, 7) is 0. The van der Waals surface area contributed by atoms with Gasteiger partial charge < -0.3 is 5.11 Å². The maximum absolute atomic E-state index is 10.4. The molecule has 0 saturated heterocycles. The number of thiophene rings is 2. The van der Waals surface area contributed by atoms with Gasteiger partial charge in [-0.1, -0.05) is 6.07 Å². The lowest BCUT2D eigenvalue weighted by atomic mass is 10.3. The average molecular weight is 250 g/mol. The van der Waals surface area contributed by atoms with E-state index in [2.05, 4.69) is 11.4 Å². The van der Waals surface area contributed by atoms with Crippen molar-refractivity contribution >= 4 is 34.7 Å². The first-order valence-corrected chi connectivity index (χ1v) is 6.46. The zero-order chi connectivity index (χ0) is 11.4. The van der Waals surface area contributed by atoms with Gasteiger partial charge in [0.1, 0.15) is 0 Å². The first kappa shape index (κ1) is 11.1. The van der Waals surface area contributed by atoms with Crippen molar-refractivity contribution in [2.24, 2.45) is 0 Å². The Morgan fingerprint density at radius 2 is 2.19 bits per heavy atom. The standard InChI is InChI=1S/C12H10O2S2/c13-12(14)6-5-9-3-4-11(16-9)8-10-2-1-7-15-10/h1-7H,8H2,(H,13,14)/b6-5+. The largest absolute Gasteiger partial charge is 0.478 e. The Morgan fingerprint density at radius 3 is 2.88 bits per heavy atom. The number of rotatable bonds is 4. The molecule has 0 atom stereocenters. The number of hydrogen-bond acceptors (Lipinski definition) is 3. The number of carbonyl (C=O) groups is 1. The van der Waals surface area contributed by atoms with Gasteiger partial charge in [-0.05, 0) is 29.7 Å². The predicted molar refractivity (Wildman–Crippen MR) is 68.1 cm³/mol. The normalized spacial score (nSPS) is 11.0. The summed E-state index contributed by atoms with van der Waals surface area (Å²) in [7, 11) is 0. The van der Waals surface area contributed by atoms with Crippen molar-refractivity contribution < 1.29 is 9.90 Å². The summed E-state index contributed by atoms with van der Waals surface area (Å²) in [5, 5.41) is 10.6. The van der Waals surface area contributed by atoms with Crippen LogP contribution >= 0.6 is 22.7 Å². The van der Waals surface area contributed by atoms with E-state index < -0.39 is 5.97 Å². The summed E-state index contributed by atoms with van der Waals surface area (Å²) in [4.78, 5) is 13.9. The fourth-order valence-electron chi connectivity index (χ4n) is 1.32. The van der Waals surface area contributed by atoms with E-state index in [1.807, 2.05) is 18.2 Å². The minimum atomic E-state index is -0.909. The van der Waals surface area contributed by atoms with Crippen molar-refractivity contribution in [3.63, 3.8) is 0 Å². The minimum Gasteiger partial charge on any atom is -0.478 e. The molecule has 2 aromatic rings. The van der Waals surface area contributed by atoms with Crippen LogP contribution in [0.2, 0.25) is 0 Å². The predicted octanol–water partition coefficient (Wildman–Crippen LogP) is 3.50. The Bertz CT molecular complexity index is 495. The molecule has 2 heterocycles. The summed E-state index contributed by atoms with van der Waals surface area (Å²) in [5.74, 6) is -0.909. The zero-order valence-electron chi connectivity index (χ0n) is 8.42. The second-order valence-electron chi connectivity index (χ2n) is 3.23. The van der Waals surface area contributed by atoms with E-state index in [0.717, 1.165) is 11.3 Å². The fourth-order valence-corrected chi connectivity index (χ4v) is 3.08. The van der Waals surface area contributed by atoms with Gasteiger partial charge in [-0.15, -0.1) is 22.7 Å². The van der Waals surface area contributed by atoms with Crippen LogP contribution < -0.4 is 0 Å². The molecular weight excluding hydrogens is 240 g/mol. The van der Waals surface area contributed by atoms with Crippen molar-refractivity contribution in [3.05, 3.63) is 50.4 Å². The summed E-state index contributed by atoms with van der Waals surface area (Å²) in [6, 6.07) is 8.15. The minimum absolute atomic E-state index is 0.909. The number of carboxylic acids is 1. The summed E-state index contributed by atoms with van der Waals surface area (Å²) in [6.07, 6.45) is 3.73. The van der Waals surface area contributed by atoms with Crippen LogP contribution in [0, 0.1) is 0 Å². The van der Waals surface area contributed by atoms with E-state index in [1.54, 1.807) is 28.7 Å². The third kappa shape index (κ3) is 3.05. The Hall–Kier alpha value is -1.39. The lowest BCUT2D eigenvalue weighted by Crippen LogP contribution is -1.84. The van der Waals surface area contributed by atoms with Crippen LogP contribution in [0.4, 0.5) is 0 Å². The highest BCUT2D eigenvalue weighted by Gasteiger charge is 2.00. The van der Waals surface area contributed by atoms with Gasteiger partial charge in [0.15, 0.2) is 0 Å². The second kappa shape index (κ2) is 5.09.